The number of anilines is 2. The molecule has 1 atom stereocenters. The second kappa shape index (κ2) is 7.03. The molecule has 142 valence electrons. The lowest BCUT2D eigenvalue weighted by Crippen LogP contribution is -2.36. The zero-order chi connectivity index (χ0) is 19.0. The van der Waals surface area contributed by atoms with E-state index in [2.05, 4.69) is 20.4 Å². The Labute approximate surface area is 156 Å². The van der Waals surface area contributed by atoms with E-state index in [1.54, 1.807) is 6.07 Å². The Hall–Kier alpha value is -2.87. The van der Waals surface area contributed by atoms with Crippen LogP contribution < -0.4 is 10.2 Å². The molecule has 1 aromatic carbocycles. The second-order valence-electron chi connectivity index (χ2n) is 6.73. The standard InChI is InChI=1S/C19H22N4O4/c1-11(17-12(2)22-27-13(17)3)18(24)20-14-4-5-15-16(10-14)26-19(21-15)23-6-8-25-9-7-23/h4-5,10-11H,6-9H2,1-3H3,(H,20,24). The number of rotatable bonds is 4. The average Bonchev–Trinajstić information content (AvgIpc) is 3.24. The molecule has 27 heavy (non-hydrogen) atoms. The third-order valence-corrected chi connectivity index (χ3v) is 4.84. The zero-order valence-electron chi connectivity index (χ0n) is 15.6. The van der Waals surface area contributed by atoms with Gasteiger partial charge in [-0.1, -0.05) is 5.16 Å². The van der Waals surface area contributed by atoms with Crippen LogP contribution in [0.15, 0.2) is 27.1 Å². The Morgan fingerprint density at radius 3 is 2.74 bits per heavy atom. The SMILES string of the molecule is Cc1noc(C)c1C(C)C(=O)Nc1ccc2nc(N3CCOCC3)oc2c1. The molecule has 2 aromatic heterocycles. The van der Waals surface area contributed by atoms with Crippen molar-refractivity contribution in [1.82, 2.24) is 10.1 Å². The highest BCUT2D eigenvalue weighted by molar-refractivity contribution is 5.97. The molecule has 3 heterocycles. The molecule has 0 bridgehead atoms. The van der Waals surface area contributed by atoms with Gasteiger partial charge in [0.25, 0.3) is 6.01 Å². The van der Waals surface area contributed by atoms with Crippen LogP contribution in [0, 0.1) is 13.8 Å². The van der Waals surface area contributed by atoms with E-state index >= 15 is 0 Å². The summed E-state index contributed by atoms with van der Waals surface area (Å²) < 4.78 is 16.4. The quantitative estimate of drug-likeness (QED) is 0.754. The number of hydrogen-bond donors (Lipinski definition) is 1. The van der Waals surface area contributed by atoms with Crippen molar-refractivity contribution in [2.24, 2.45) is 0 Å². The highest BCUT2D eigenvalue weighted by Gasteiger charge is 2.23. The minimum Gasteiger partial charge on any atom is -0.423 e. The fourth-order valence-electron chi connectivity index (χ4n) is 3.37. The molecule has 0 spiro atoms. The molecule has 0 aliphatic carbocycles. The van der Waals surface area contributed by atoms with Gasteiger partial charge in [0.05, 0.1) is 24.8 Å². The number of ether oxygens (including phenoxy) is 1. The third kappa shape index (κ3) is 3.40. The normalized spacial score (nSPS) is 15.9. The lowest BCUT2D eigenvalue weighted by Gasteiger charge is -2.24. The number of carbonyl (C=O) groups excluding carboxylic acids is 1. The summed E-state index contributed by atoms with van der Waals surface area (Å²) in [5.74, 6) is 0.165. The first-order valence-corrected chi connectivity index (χ1v) is 9.00. The molecule has 1 N–H and O–H groups in total. The predicted molar refractivity (Wildman–Crippen MR) is 100 cm³/mol. The highest BCUT2D eigenvalue weighted by atomic mass is 16.5. The summed E-state index contributed by atoms with van der Waals surface area (Å²) in [6.07, 6.45) is 0. The van der Waals surface area contributed by atoms with Gasteiger partial charge in [-0.05, 0) is 32.9 Å². The maximum Gasteiger partial charge on any atom is 0.298 e. The monoisotopic (exact) mass is 370 g/mol. The van der Waals surface area contributed by atoms with E-state index < -0.39 is 0 Å². The van der Waals surface area contributed by atoms with Crippen molar-refractivity contribution in [3.8, 4) is 0 Å². The van der Waals surface area contributed by atoms with E-state index in [1.807, 2.05) is 32.9 Å². The van der Waals surface area contributed by atoms with Gasteiger partial charge in [0.1, 0.15) is 11.3 Å². The molecule has 1 fully saturated rings. The van der Waals surface area contributed by atoms with Gasteiger partial charge in [0, 0.05) is 30.4 Å². The number of oxazole rings is 1. The van der Waals surface area contributed by atoms with Crippen LogP contribution in [0.2, 0.25) is 0 Å². The van der Waals surface area contributed by atoms with E-state index in [1.165, 1.54) is 0 Å². The minimum absolute atomic E-state index is 0.128. The Balaban J connectivity index is 1.52. The zero-order valence-corrected chi connectivity index (χ0v) is 15.6. The number of hydrogen-bond acceptors (Lipinski definition) is 7. The van der Waals surface area contributed by atoms with Crippen molar-refractivity contribution in [2.45, 2.75) is 26.7 Å². The van der Waals surface area contributed by atoms with Gasteiger partial charge in [0.2, 0.25) is 5.91 Å². The number of fused-ring (bicyclic) bond motifs is 1. The van der Waals surface area contributed by atoms with E-state index in [-0.39, 0.29) is 11.8 Å². The molecule has 1 aliphatic rings. The number of nitrogens with zero attached hydrogens (tertiary/aromatic N) is 3. The number of benzene rings is 1. The first-order valence-electron chi connectivity index (χ1n) is 9.00. The van der Waals surface area contributed by atoms with Gasteiger partial charge < -0.3 is 23.9 Å². The number of aryl methyl sites for hydroxylation is 2. The van der Waals surface area contributed by atoms with Crippen LogP contribution in [0.5, 0.6) is 0 Å². The van der Waals surface area contributed by atoms with Crippen LogP contribution >= 0.6 is 0 Å². The first kappa shape index (κ1) is 17.5. The maximum atomic E-state index is 12.7. The van der Waals surface area contributed by atoms with Crippen LogP contribution in [0.1, 0.15) is 29.9 Å². The molecule has 8 nitrogen and oxygen atoms in total. The van der Waals surface area contributed by atoms with Crippen molar-refractivity contribution in [1.29, 1.82) is 0 Å². The topological polar surface area (TPSA) is 93.6 Å². The molecular weight excluding hydrogens is 348 g/mol. The third-order valence-electron chi connectivity index (χ3n) is 4.84. The lowest BCUT2D eigenvalue weighted by atomic mass is 9.98. The fourth-order valence-corrected chi connectivity index (χ4v) is 3.37. The van der Waals surface area contributed by atoms with Gasteiger partial charge in [-0.15, -0.1) is 0 Å². The summed E-state index contributed by atoms with van der Waals surface area (Å²) in [5, 5.41) is 6.86. The van der Waals surface area contributed by atoms with Crippen molar-refractivity contribution in [3.63, 3.8) is 0 Å². The van der Waals surface area contributed by atoms with Gasteiger partial charge in [-0.3, -0.25) is 4.79 Å². The van der Waals surface area contributed by atoms with Crippen molar-refractivity contribution in [3.05, 3.63) is 35.2 Å². The van der Waals surface area contributed by atoms with Crippen LogP contribution in [-0.2, 0) is 9.53 Å². The predicted octanol–water partition coefficient (Wildman–Crippen LogP) is 3.01. The Morgan fingerprint density at radius 2 is 2.04 bits per heavy atom. The molecule has 1 unspecified atom stereocenters. The largest absolute Gasteiger partial charge is 0.423 e. The Kier molecular flexibility index (Phi) is 4.57. The number of nitrogens with one attached hydrogen (secondary N) is 1. The number of aromatic nitrogens is 2. The first-order chi connectivity index (χ1) is 13.0. The Morgan fingerprint density at radius 1 is 1.26 bits per heavy atom. The summed E-state index contributed by atoms with van der Waals surface area (Å²) in [5.41, 5.74) is 3.61. The highest BCUT2D eigenvalue weighted by Crippen LogP contribution is 2.27. The average molecular weight is 370 g/mol. The van der Waals surface area contributed by atoms with E-state index in [0.717, 1.165) is 29.9 Å². The summed E-state index contributed by atoms with van der Waals surface area (Å²) in [6.45, 7) is 8.33. The molecular formula is C19H22N4O4. The Bertz CT molecular complexity index is 952. The fraction of sp³-hybridized carbons (Fsp3) is 0.421. The van der Waals surface area contributed by atoms with E-state index in [0.29, 0.717) is 36.3 Å². The van der Waals surface area contributed by atoms with Crippen LogP contribution in [0.4, 0.5) is 11.7 Å². The molecule has 1 aliphatic heterocycles. The van der Waals surface area contributed by atoms with Gasteiger partial charge in [-0.2, -0.15) is 4.98 Å². The second-order valence-corrected chi connectivity index (χ2v) is 6.73. The summed E-state index contributed by atoms with van der Waals surface area (Å²) in [6, 6.07) is 6.05. The summed E-state index contributed by atoms with van der Waals surface area (Å²) in [7, 11) is 0. The molecule has 1 amide bonds. The van der Waals surface area contributed by atoms with Gasteiger partial charge >= 0.3 is 0 Å². The lowest BCUT2D eigenvalue weighted by molar-refractivity contribution is -0.117. The van der Waals surface area contributed by atoms with E-state index in [4.69, 9.17) is 13.7 Å². The number of amides is 1. The van der Waals surface area contributed by atoms with Crippen molar-refractivity contribution < 1.29 is 18.5 Å². The van der Waals surface area contributed by atoms with Gasteiger partial charge in [-0.25, -0.2) is 0 Å². The minimum atomic E-state index is -0.370. The molecule has 8 heteroatoms. The van der Waals surface area contributed by atoms with Crippen LogP contribution in [0.25, 0.3) is 11.1 Å². The molecule has 0 saturated carbocycles. The van der Waals surface area contributed by atoms with Crippen molar-refractivity contribution in [2.75, 3.05) is 36.5 Å². The van der Waals surface area contributed by atoms with Crippen molar-refractivity contribution >= 4 is 28.7 Å². The molecule has 3 aromatic rings. The molecule has 4 rings (SSSR count). The molecule has 1 saturated heterocycles. The van der Waals surface area contributed by atoms with Crippen LogP contribution in [0.3, 0.4) is 0 Å². The number of morpholine rings is 1. The molecule has 0 radical (unpaired) electrons. The number of carbonyl (C=O) groups is 1. The van der Waals surface area contributed by atoms with Gasteiger partial charge in [0.15, 0.2) is 5.58 Å². The summed E-state index contributed by atoms with van der Waals surface area (Å²) >= 11 is 0. The summed E-state index contributed by atoms with van der Waals surface area (Å²) in [4.78, 5) is 19.2. The maximum absolute atomic E-state index is 12.7. The smallest absolute Gasteiger partial charge is 0.298 e. The van der Waals surface area contributed by atoms with E-state index in [9.17, 15) is 4.79 Å². The van der Waals surface area contributed by atoms with Crippen LogP contribution in [-0.4, -0.2) is 42.4 Å².